The highest BCUT2D eigenvalue weighted by molar-refractivity contribution is 5.99. The number of carbonyl (C=O) groups excluding carboxylic acids is 1. The van der Waals surface area contributed by atoms with E-state index in [2.05, 4.69) is 5.10 Å². The zero-order valence-corrected chi connectivity index (χ0v) is 14.4. The van der Waals surface area contributed by atoms with Gasteiger partial charge >= 0.3 is 0 Å². The van der Waals surface area contributed by atoms with Gasteiger partial charge in [-0.15, -0.1) is 5.10 Å². The van der Waals surface area contributed by atoms with E-state index in [1.54, 1.807) is 41.8 Å². The molecule has 148 valence electrons. The monoisotopic (exact) mass is 406 g/mol. The number of benzene rings is 3. The van der Waals surface area contributed by atoms with Crippen LogP contribution in [0.5, 0.6) is 11.5 Å². The fourth-order valence-corrected chi connectivity index (χ4v) is 2.30. The zero-order valence-electron chi connectivity index (χ0n) is 14.4. The van der Waals surface area contributed by atoms with E-state index < -0.39 is 40.7 Å². The van der Waals surface area contributed by atoms with Gasteiger partial charge in [-0.3, -0.25) is 4.79 Å². The van der Waals surface area contributed by atoms with E-state index in [-0.39, 0.29) is 17.4 Å². The van der Waals surface area contributed by atoms with Crippen LogP contribution in [0.25, 0.3) is 0 Å². The highest BCUT2D eigenvalue weighted by Crippen LogP contribution is 2.25. The number of ether oxygens (including phenoxy) is 1. The third-order valence-corrected chi connectivity index (χ3v) is 3.68. The van der Waals surface area contributed by atoms with Crippen molar-refractivity contribution >= 4 is 11.9 Å². The van der Waals surface area contributed by atoms with Crippen LogP contribution in [0.4, 0.5) is 22.0 Å². The first-order chi connectivity index (χ1) is 13.9. The lowest BCUT2D eigenvalue weighted by molar-refractivity contribution is 0.0952. The van der Waals surface area contributed by atoms with Crippen LogP contribution in [0.2, 0.25) is 0 Å². The second kappa shape index (κ2) is 8.51. The van der Waals surface area contributed by atoms with Gasteiger partial charge in [0.15, 0.2) is 23.3 Å². The minimum absolute atomic E-state index is 0.0372. The van der Waals surface area contributed by atoms with E-state index in [4.69, 9.17) is 4.74 Å². The third kappa shape index (κ3) is 4.40. The van der Waals surface area contributed by atoms with Crippen molar-refractivity contribution in [2.24, 2.45) is 5.10 Å². The Balaban J connectivity index is 1.83. The van der Waals surface area contributed by atoms with E-state index >= 15 is 0 Å². The summed E-state index contributed by atoms with van der Waals surface area (Å²) in [5.74, 6) is -10.2. The third-order valence-electron chi connectivity index (χ3n) is 3.68. The molecular weight excluding hydrogens is 395 g/mol. The Hall–Kier alpha value is -3.75. The topological polar surface area (TPSA) is 50.7 Å². The molecule has 1 amide bonds. The highest BCUT2D eigenvalue weighted by Gasteiger charge is 2.22. The van der Waals surface area contributed by atoms with E-state index in [1.807, 2.05) is 0 Å². The summed E-state index contributed by atoms with van der Waals surface area (Å²) in [7, 11) is 0. The lowest BCUT2D eigenvalue weighted by atomic mass is 10.2. The van der Waals surface area contributed by atoms with Gasteiger partial charge in [0.05, 0.1) is 11.1 Å². The average molecular weight is 406 g/mol. The number of amides is 1. The molecule has 0 bridgehead atoms. The SMILES string of the molecule is O=C(NN=C(F)c1cc(F)c(F)c(F)c1F)c1ccccc1Oc1ccccc1. The molecule has 0 aliphatic carbocycles. The second-order valence-electron chi connectivity index (χ2n) is 5.60. The lowest BCUT2D eigenvalue weighted by Gasteiger charge is -2.10. The van der Waals surface area contributed by atoms with Crippen LogP contribution in [0.3, 0.4) is 0 Å². The van der Waals surface area contributed by atoms with Crippen molar-refractivity contribution in [1.29, 1.82) is 0 Å². The summed E-state index contributed by atoms with van der Waals surface area (Å²) < 4.78 is 72.6. The number of hydrogen-bond acceptors (Lipinski definition) is 3. The largest absolute Gasteiger partial charge is 0.457 e. The number of hydrogen-bond donors (Lipinski definition) is 1. The molecule has 0 heterocycles. The van der Waals surface area contributed by atoms with Gasteiger partial charge in [0.1, 0.15) is 11.5 Å². The number of para-hydroxylation sites is 2. The van der Waals surface area contributed by atoms with Gasteiger partial charge in [-0.1, -0.05) is 30.3 Å². The van der Waals surface area contributed by atoms with Crippen molar-refractivity contribution in [2.75, 3.05) is 0 Å². The molecule has 3 aromatic carbocycles. The summed E-state index contributed by atoms with van der Waals surface area (Å²) in [4.78, 5) is 12.3. The Kier molecular flexibility index (Phi) is 5.87. The van der Waals surface area contributed by atoms with E-state index in [1.165, 1.54) is 18.2 Å². The molecule has 0 aliphatic rings. The van der Waals surface area contributed by atoms with E-state index in [9.17, 15) is 26.7 Å². The van der Waals surface area contributed by atoms with Crippen LogP contribution in [-0.4, -0.2) is 11.9 Å². The number of nitrogens with zero attached hydrogens (tertiary/aromatic N) is 1. The molecule has 0 fully saturated rings. The predicted octanol–water partition coefficient (Wildman–Crippen LogP) is 5.10. The van der Waals surface area contributed by atoms with Crippen LogP contribution < -0.4 is 10.2 Å². The van der Waals surface area contributed by atoms with Gasteiger partial charge in [0, 0.05) is 0 Å². The van der Waals surface area contributed by atoms with Crippen molar-refractivity contribution in [3.8, 4) is 11.5 Å². The maximum atomic E-state index is 14.0. The minimum Gasteiger partial charge on any atom is -0.457 e. The van der Waals surface area contributed by atoms with Crippen LogP contribution in [0, 0.1) is 23.3 Å². The van der Waals surface area contributed by atoms with Crippen LogP contribution in [0.1, 0.15) is 15.9 Å². The van der Waals surface area contributed by atoms with Gasteiger partial charge in [-0.25, -0.2) is 23.0 Å². The van der Waals surface area contributed by atoms with Crippen molar-refractivity contribution in [3.63, 3.8) is 0 Å². The Bertz CT molecular complexity index is 1090. The van der Waals surface area contributed by atoms with Gasteiger partial charge < -0.3 is 4.74 Å². The Morgan fingerprint density at radius 1 is 0.828 bits per heavy atom. The molecule has 0 radical (unpaired) electrons. The molecule has 0 spiro atoms. The molecule has 0 saturated heterocycles. The van der Waals surface area contributed by atoms with Gasteiger partial charge in [-0.2, -0.15) is 4.39 Å². The Morgan fingerprint density at radius 3 is 2.21 bits per heavy atom. The maximum Gasteiger partial charge on any atom is 0.275 e. The van der Waals surface area contributed by atoms with E-state index in [0.29, 0.717) is 5.75 Å². The van der Waals surface area contributed by atoms with Crippen LogP contribution in [0.15, 0.2) is 65.8 Å². The fourth-order valence-electron chi connectivity index (χ4n) is 2.30. The van der Waals surface area contributed by atoms with Gasteiger partial charge in [-0.05, 0) is 30.3 Å². The first-order valence-electron chi connectivity index (χ1n) is 8.07. The molecule has 0 aromatic heterocycles. The van der Waals surface area contributed by atoms with E-state index in [0.717, 1.165) is 0 Å². The first-order valence-corrected chi connectivity index (χ1v) is 8.07. The normalized spacial score (nSPS) is 11.3. The Labute approximate surface area is 161 Å². The standard InChI is InChI=1S/C20H11F5N2O2/c21-14-10-13(16(22)18(24)17(14)23)19(25)26-27-20(28)12-8-4-5-9-15(12)29-11-6-2-1-3-7-11/h1-10H,(H,27,28). The molecule has 0 saturated carbocycles. The minimum atomic E-state index is -2.20. The lowest BCUT2D eigenvalue weighted by Crippen LogP contribution is -2.20. The molecule has 29 heavy (non-hydrogen) atoms. The maximum absolute atomic E-state index is 14.0. The molecule has 3 rings (SSSR count). The molecule has 3 aromatic rings. The van der Waals surface area contributed by atoms with Crippen LogP contribution in [-0.2, 0) is 0 Å². The summed E-state index contributed by atoms with van der Waals surface area (Å²) in [5, 5.41) is 2.99. The number of rotatable bonds is 5. The summed E-state index contributed by atoms with van der Waals surface area (Å²) in [6, 6.07) is 14.5. The first kappa shape index (κ1) is 20.0. The number of halogens is 5. The molecule has 1 N–H and O–H groups in total. The molecule has 9 heteroatoms. The quantitative estimate of drug-likeness (QED) is 0.211. The molecule has 0 unspecified atom stereocenters. The number of hydrazone groups is 1. The molecule has 4 nitrogen and oxygen atoms in total. The van der Waals surface area contributed by atoms with Crippen molar-refractivity contribution in [1.82, 2.24) is 5.43 Å². The average Bonchev–Trinajstić information content (AvgIpc) is 2.74. The number of carbonyl (C=O) groups is 1. The fraction of sp³-hybridized carbons (Fsp3) is 0. The van der Waals surface area contributed by atoms with Crippen LogP contribution >= 0.6 is 0 Å². The second-order valence-corrected chi connectivity index (χ2v) is 5.60. The summed E-state index contributed by atoms with van der Waals surface area (Å²) in [6.07, 6.45) is 0. The summed E-state index contributed by atoms with van der Waals surface area (Å²) >= 11 is 0. The molecular formula is C20H11F5N2O2. The molecule has 0 aliphatic heterocycles. The van der Waals surface area contributed by atoms with Crippen molar-refractivity contribution in [3.05, 3.63) is 95.1 Å². The smallest absolute Gasteiger partial charge is 0.275 e. The Morgan fingerprint density at radius 2 is 1.48 bits per heavy atom. The predicted molar refractivity (Wildman–Crippen MR) is 94.3 cm³/mol. The van der Waals surface area contributed by atoms with Crippen molar-refractivity contribution < 1.29 is 31.5 Å². The summed E-state index contributed by atoms with van der Waals surface area (Å²) in [5.41, 5.74) is 0.474. The van der Waals surface area contributed by atoms with Crippen molar-refractivity contribution in [2.45, 2.75) is 0 Å². The number of nitrogens with one attached hydrogen (secondary N) is 1. The summed E-state index contributed by atoms with van der Waals surface area (Å²) in [6.45, 7) is 0. The zero-order chi connectivity index (χ0) is 21.0. The van der Waals surface area contributed by atoms with Gasteiger partial charge in [0.25, 0.3) is 5.91 Å². The van der Waals surface area contributed by atoms with Gasteiger partial charge in [0.2, 0.25) is 5.97 Å². The molecule has 0 atom stereocenters. The highest BCUT2D eigenvalue weighted by atomic mass is 19.2.